The minimum Gasteiger partial charge on any atom is -0.279 e. The van der Waals surface area contributed by atoms with Crippen LogP contribution in [0.4, 0.5) is 15.8 Å². The molecule has 122 valence electrons. The van der Waals surface area contributed by atoms with Crippen molar-refractivity contribution in [1.82, 2.24) is 0 Å². The molecule has 0 saturated carbocycles. The van der Waals surface area contributed by atoms with E-state index in [2.05, 4.69) is 4.72 Å². The van der Waals surface area contributed by atoms with Gasteiger partial charge in [0.25, 0.3) is 15.7 Å². The first-order chi connectivity index (χ1) is 10.6. The van der Waals surface area contributed by atoms with E-state index in [-0.39, 0.29) is 21.2 Å². The molecule has 9 heteroatoms. The highest BCUT2D eigenvalue weighted by Crippen LogP contribution is 2.30. The number of nitro benzene ring substituents is 1. The lowest BCUT2D eigenvalue weighted by molar-refractivity contribution is -0.385. The average molecular weight is 359 g/mol. The molecule has 2 aromatic carbocycles. The zero-order chi connectivity index (χ0) is 17.4. The number of sulfonamides is 1. The second-order valence-corrected chi connectivity index (χ2v) is 6.96. The van der Waals surface area contributed by atoms with Gasteiger partial charge in [-0.3, -0.25) is 14.8 Å². The summed E-state index contributed by atoms with van der Waals surface area (Å²) < 4.78 is 40.1. The van der Waals surface area contributed by atoms with Crippen molar-refractivity contribution in [2.75, 3.05) is 4.72 Å². The monoisotopic (exact) mass is 358 g/mol. The number of nitro groups is 1. The van der Waals surface area contributed by atoms with Crippen molar-refractivity contribution in [3.63, 3.8) is 0 Å². The van der Waals surface area contributed by atoms with Gasteiger partial charge in [0, 0.05) is 11.6 Å². The van der Waals surface area contributed by atoms with Crippen molar-refractivity contribution in [2.45, 2.75) is 18.7 Å². The second kappa shape index (κ2) is 6.13. The van der Waals surface area contributed by atoms with Crippen molar-refractivity contribution in [1.29, 1.82) is 0 Å². The lowest BCUT2D eigenvalue weighted by atomic mass is 10.2. The molecular weight excluding hydrogens is 347 g/mol. The number of hydrogen-bond donors (Lipinski definition) is 1. The Labute approximate surface area is 137 Å². The highest BCUT2D eigenvalue weighted by Gasteiger charge is 2.23. The van der Waals surface area contributed by atoms with Gasteiger partial charge in [-0.1, -0.05) is 11.6 Å². The van der Waals surface area contributed by atoms with Crippen molar-refractivity contribution in [3.8, 4) is 0 Å². The molecular formula is C14H12ClFN2O4S. The highest BCUT2D eigenvalue weighted by molar-refractivity contribution is 7.92. The Morgan fingerprint density at radius 2 is 1.87 bits per heavy atom. The molecule has 0 fully saturated rings. The minimum atomic E-state index is -4.11. The first-order valence-electron chi connectivity index (χ1n) is 6.35. The summed E-state index contributed by atoms with van der Waals surface area (Å²) in [6.07, 6.45) is 0. The van der Waals surface area contributed by atoms with Crippen LogP contribution in [0.1, 0.15) is 11.1 Å². The molecule has 0 aliphatic rings. The standard InChI is InChI=1S/C14H12ClFN2O4S/c1-8-5-10(16)3-4-13(8)17-23(21,22)11-6-12(15)9(2)14(7-11)18(19)20/h3-7,17H,1-2H3. The summed E-state index contributed by atoms with van der Waals surface area (Å²) in [6, 6.07) is 5.61. The van der Waals surface area contributed by atoms with Gasteiger partial charge in [-0.15, -0.1) is 0 Å². The third-order valence-corrected chi connectivity index (χ3v) is 4.97. The molecule has 1 N–H and O–H groups in total. The SMILES string of the molecule is Cc1cc(F)ccc1NS(=O)(=O)c1cc(Cl)c(C)c([N+](=O)[O-])c1. The van der Waals surface area contributed by atoms with Crippen LogP contribution in [0.5, 0.6) is 0 Å². The Morgan fingerprint density at radius 3 is 2.43 bits per heavy atom. The van der Waals surface area contributed by atoms with Gasteiger partial charge in [0.2, 0.25) is 0 Å². The topological polar surface area (TPSA) is 89.3 Å². The minimum absolute atomic E-state index is 0.0320. The van der Waals surface area contributed by atoms with E-state index in [1.165, 1.54) is 26.0 Å². The summed E-state index contributed by atoms with van der Waals surface area (Å²) in [5.41, 5.74) is 0.328. The maximum absolute atomic E-state index is 13.1. The zero-order valence-electron chi connectivity index (χ0n) is 12.1. The van der Waals surface area contributed by atoms with Gasteiger partial charge in [0.05, 0.1) is 20.5 Å². The molecule has 0 heterocycles. The quantitative estimate of drug-likeness (QED) is 0.664. The van der Waals surface area contributed by atoms with E-state index in [9.17, 15) is 22.9 Å². The van der Waals surface area contributed by atoms with E-state index in [1.54, 1.807) is 0 Å². The average Bonchev–Trinajstić information content (AvgIpc) is 2.44. The van der Waals surface area contributed by atoms with E-state index in [4.69, 9.17) is 11.6 Å². The Kier molecular flexibility index (Phi) is 4.58. The van der Waals surface area contributed by atoms with Gasteiger partial charge in [0.15, 0.2) is 0 Å². The Hall–Kier alpha value is -2.19. The maximum atomic E-state index is 13.1. The van der Waals surface area contributed by atoms with Crippen molar-refractivity contribution in [2.24, 2.45) is 0 Å². The van der Waals surface area contributed by atoms with Gasteiger partial charge in [-0.2, -0.15) is 0 Å². The zero-order valence-corrected chi connectivity index (χ0v) is 13.7. The first-order valence-corrected chi connectivity index (χ1v) is 8.21. The third kappa shape index (κ3) is 3.59. The number of anilines is 1. The number of hydrogen-bond acceptors (Lipinski definition) is 4. The summed E-state index contributed by atoms with van der Waals surface area (Å²) in [5.74, 6) is -0.500. The Balaban J connectivity index is 2.50. The Morgan fingerprint density at radius 1 is 1.22 bits per heavy atom. The molecule has 0 unspecified atom stereocenters. The van der Waals surface area contributed by atoms with Gasteiger partial charge in [-0.05, 0) is 43.7 Å². The summed E-state index contributed by atoms with van der Waals surface area (Å²) in [4.78, 5) is 9.94. The number of rotatable bonds is 4. The van der Waals surface area contributed by atoms with E-state index < -0.39 is 26.5 Å². The van der Waals surface area contributed by atoms with Crippen LogP contribution in [0.15, 0.2) is 35.2 Å². The number of aryl methyl sites for hydroxylation is 1. The fourth-order valence-electron chi connectivity index (χ4n) is 1.93. The smallest absolute Gasteiger partial charge is 0.275 e. The lowest BCUT2D eigenvalue weighted by Crippen LogP contribution is -2.14. The van der Waals surface area contributed by atoms with Gasteiger partial charge in [0.1, 0.15) is 5.82 Å². The summed E-state index contributed by atoms with van der Waals surface area (Å²) >= 11 is 5.88. The van der Waals surface area contributed by atoms with E-state index in [0.717, 1.165) is 18.2 Å². The van der Waals surface area contributed by atoms with Gasteiger partial charge >= 0.3 is 0 Å². The third-order valence-electron chi connectivity index (χ3n) is 3.23. The summed E-state index contributed by atoms with van der Waals surface area (Å²) in [6.45, 7) is 2.96. The second-order valence-electron chi connectivity index (χ2n) is 4.87. The lowest BCUT2D eigenvalue weighted by Gasteiger charge is -2.11. The molecule has 0 amide bonds. The predicted molar refractivity (Wildman–Crippen MR) is 84.8 cm³/mol. The number of nitrogens with zero attached hydrogens (tertiary/aromatic N) is 1. The van der Waals surface area contributed by atoms with Crippen LogP contribution in [0, 0.1) is 29.8 Å². The highest BCUT2D eigenvalue weighted by atomic mass is 35.5. The molecule has 0 aliphatic carbocycles. The molecule has 6 nitrogen and oxygen atoms in total. The van der Waals surface area contributed by atoms with Crippen LogP contribution in [0.3, 0.4) is 0 Å². The van der Waals surface area contributed by atoms with Crippen molar-refractivity contribution in [3.05, 3.63) is 62.4 Å². The fourth-order valence-corrected chi connectivity index (χ4v) is 3.39. The molecule has 0 radical (unpaired) electrons. The first kappa shape index (κ1) is 17.2. The number of nitrogens with one attached hydrogen (secondary N) is 1. The van der Waals surface area contributed by atoms with E-state index in [0.29, 0.717) is 5.56 Å². The van der Waals surface area contributed by atoms with E-state index >= 15 is 0 Å². The summed E-state index contributed by atoms with van der Waals surface area (Å²) in [7, 11) is -4.11. The number of benzene rings is 2. The molecule has 0 aliphatic heterocycles. The Bertz CT molecular complexity index is 900. The molecule has 2 aromatic rings. The van der Waals surface area contributed by atoms with Crippen LogP contribution in [-0.4, -0.2) is 13.3 Å². The molecule has 0 bridgehead atoms. The fraction of sp³-hybridized carbons (Fsp3) is 0.143. The number of halogens is 2. The molecule has 0 atom stereocenters. The van der Waals surface area contributed by atoms with Gasteiger partial charge < -0.3 is 0 Å². The van der Waals surface area contributed by atoms with Crippen molar-refractivity contribution < 1.29 is 17.7 Å². The molecule has 0 aromatic heterocycles. The summed E-state index contributed by atoms with van der Waals surface area (Å²) in [5, 5.41) is 11.0. The maximum Gasteiger partial charge on any atom is 0.275 e. The van der Waals surface area contributed by atoms with E-state index in [1.807, 2.05) is 0 Å². The van der Waals surface area contributed by atoms with Gasteiger partial charge in [-0.25, -0.2) is 12.8 Å². The van der Waals surface area contributed by atoms with Crippen molar-refractivity contribution >= 4 is 33.0 Å². The van der Waals surface area contributed by atoms with Crippen LogP contribution in [0.25, 0.3) is 0 Å². The normalized spacial score (nSPS) is 11.3. The predicted octanol–water partition coefficient (Wildman–Crippen LogP) is 3.80. The molecule has 2 rings (SSSR count). The van der Waals surface area contributed by atoms with Crippen LogP contribution >= 0.6 is 11.6 Å². The van der Waals surface area contributed by atoms with Crippen LogP contribution < -0.4 is 4.72 Å². The van der Waals surface area contributed by atoms with Crippen LogP contribution in [-0.2, 0) is 10.0 Å². The van der Waals surface area contributed by atoms with Crippen LogP contribution in [0.2, 0.25) is 5.02 Å². The molecule has 23 heavy (non-hydrogen) atoms. The molecule has 0 spiro atoms. The molecule has 0 saturated heterocycles. The largest absolute Gasteiger partial charge is 0.279 e.